The van der Waals surface area contributed by atoms with Crippen LogP contribution in [-0.4, -0.2) is 43.6 Å². The Balaban J connectivity index is 1.52. The molecule has 0 atom stereocenters. The van der Waals surface area contributed by atoms with E-state index in [4.69, 9.17) is 0 Å². The fourth-order valence-corrected chi connectivity index (χ4v) is 3.07. The number of piperazine rings is 1. The van der Waals surface area contributed by atoms with Gasteiger partial charge in [-0.05, 0) is 24.3 Å². The summed E-state index contributed by atoms with van der Waals surface area (Å²) < 4.78 is 27.2. The Morgan fingerprint density at radius 2 is 1.70 bits per heavy atom. The Bertz CT molecular complexity index is 817. The molecule has 7 nitrogen and oxygen atoms in total. The number of nitrogens with zero attached hydrogens (tertiary/aromatic N) is 2. The third kappa shape index (κ3) is 4.56. The van der Waals surface area contributed by atoms with Crippen LogP contribution in [0, 0.1) is 21.7 Å². The van der Waals surface area contributed by atoms with E-state index in [0.717, 1.165) is 22.7 Å². The van der Waals surface area contributed by atoms with Gasteiger partial charge in [0.25, 0.3) is 11.6 Å². The lowest BCUT2D eigenvalue weighted by Gasteiger charge is -2.33. The van der Waals surface area contributed by atoms with Crippen molar-refractivity contribution in [2.45, 2.75) is 0 Å². The number of non-ortho nitro benzene ring substituents is 1. The van der Waals surface area contributed by atoms with Crippen molar-refractivity contribution in [1.29, 1.82) is 0 Å². The van der Waals surface area contributed by atoms with Crippen LogP contribution in [0.25, 0.3) is 0 Å². The minimum Gasteiger partial charge on any atom is -0.360 e. The highest BCUT2D eigenvalue weighted by Gasteiger charge is 2.23. The van der Waals surface area contributed by atoms with Gasteiger partial charge in [-0.15, -0.1) is 0 Å². The first kappa shape index (κ1) is 18.7. The summed E-state index contributed by atoms with van der Waals surface area (Å²) in [4.78, 5) is 25.5. The molecule has 27 heavy (non-hydrogen) atoms. The van der Waals surface area contributed by atoms with Crippen molar-refractivity contribution in [3.8, 4) is 0 Å². The number of nitro groups is 1. The van der Waals surface area contributed by atoms with Crippen LogP contribution >= 0.6 is 0 Å². The summed E-state index contributed by atoms with van der Waals surface area (Å²) in [5, 5.41) is 13.0. The van der Waals surface area contributed by atoms with Crippen LogP contribution in [-0.2, 0) is 4.79 Å². The SMILES string of the molecule is O=C(C[NH+]1CCN(c2ccc([N+](=O)[O-])cc2)CC1)Nc1c(F)cccc1F. The summed E-state index contributed by atoms with van der Waals surface area (Å²) in [5.41, 5.74) is 0.504. The van der Waals surface area contributed by atoms with Crippen molar-refractivity contribution in [3.05, 3.63) is 64.2 Å². The molecule has 9 heteroatoms. The highest BCUT2D eigenvalue weighted by Crippen LogP contribution is 2.19. The van der Waals surface area contributed by atoms with Crippen LogP contribution in [0.3, 0.4) is 0 Å². The topological polar surface area (TPSA) is 79.9 Å². The Kier molecular flexibility index (Phi) is 5.60. The van der Waals surface area contributed by atoms with Gasteiger partial charge in [-0.25, -0.2) is 8.78 Å². The number of amides is 1. The molecule has 1 amide bonds. The molecule has 1 aliphatic rings. The van der Waals surface area contributed by atoms with Crippen LogP contribution in [0.15, 0.2) is 42.5 Å². The fraction of sp³-hybridized carbons (Fsp3) is 0.278. The van der Waals surface area contributed by atoms with Crippen LogP contribution in [0.4, 0.5) is 25.8 Å². The van der Waals surface area contributed by atoms with E-state index in [9.17, 15) is 23.7 Å². The lowest BCUT2D eigenvalue weighted by Crippen LogP contribution is -3.15. The molecule has 2 aromatic rings. The third-order valence-corrected chi connectivity index (χ3v) is 4.53. The fourth-order valence-electron chi connectivity index (χ4n) is 3.07. The molecule has 0 saturated carbocycles. The van der Waals surface area contributed by atoms with E-state index in [2.05, 4.69) is 10.2 Å². The van der Waals surface area contributed by atoms with Crippen molar-refractivity contribution < 1.29 is 23.4 Å². The standard InChI is InChI=1S/C18H18F2N4O3/c19-15-2-1-3-16(20)18(15)21-17(25)12-22-8-10-23(11-9-22)13-4-6-14(7-5-13)24(26)27/h1-7H,8-12H2,(H,21,25)/p+1. The number of hydrogen-bond acceptors (Lipinski definition) is 4. The second kappa shape index (κ2) is 8.09. The van der Waals surface area contributed by atoms with Gasteiger partial charge >= 0.3 is 0 Å². The monoisotopic (exact) mass is 377 g/mol. The summed E-state index contributed by atoms with van der Waals surface area (Å²) >= 11 is 0. The molecule has 1 aliphatic heterocycles. The maximum absolute atomic E-state index is 13.6. The van der Waals surface area contributed by atoms with Crippen LogP contribution in [0.1, 0.15) is 0 Å². The number of halogens is 2. The van der Waals surface area contributed by atoms with Gasteiger partial charge < -0.3 is 15.1 Å². The molecule has 0 spiro atoms. The first-order valence-corrected chi connectivity index (χ1v) is 8.51. The molecular formula is C18H19F2N4O3+. The van der Waals surface area contributed by atoms with E-state index in [1.807, 2.05) is 0 Å². The second-order valence-electron chi connectivity index (χ2n) is 6.33. The second-order valence-corrected chi connectivity index (χ2v) is 6.33. The zero-order valence-corrected chi connectivity index (χ0v) is 14.5. The zero-order valence-electron chi connectivity index (χ0n) is 14.5. The van der Waals surface area contributed by atoms with E-state index in [1.54, 1.807) is 12.1 Å². The van der Waals surface area contributed by atoms with Crippen molar-refractivity contribution >= 4 is 23.0 Å². The number of anilines is 2. The molecule has 2 aromatic carbocycles. The number of hydrogen-bond donors (Lipinski definition) is 2. The molecule has 0 unspecified atom stereocenters. The Labute approximate surface area is 154 Å². The third-order valence-electron chi connectivity index (χ3n) is 4.53. The van der Waals surface area contributed by atoms with Crippen molar-refractivity contribution in [1.82, 2.24) is 0 Å². The molecule has 1 saturated heterocycles. The molecule has 0 aromatic heterocycles. The van der Waals surface area contributed by atoms with Gasteiger partial charge in [0.2, 0.25) is 0 Å². The molecule has 2 N–H and O–H groups in total. The van der Waals surface area contributed by atoms with Gasteiger partial charge in [-0.1, -0.05) is 6.07 Å². The number of nitro benzene ring substituents is 1. The molecular weight excluding hydrogens is 358 g/mol. The quantitative estimate of drug-likeness (QED) is 0.607. The van der Waals surface area contributed by atoms with Crippen LogP contribution in [0.5, 0.6) is 0 Å². The van der Waals surface area contributed by atoms with Gasteiger partial charge in [0.05, 0.1) is 31.1 Å². The van der Waals surface area contributed by atoms with Crippen LogP contribution < -0.4 is 15.1 Å². The lowest BCUT2D eigenvalue weighted by molar-refractivity contribution is -0.892. The average molecular weight is 377 g/mol. The molecule has 0 radical (unpaired) electrons. The number of para-hydroxylation sites is 1. The number of carbonyl (C=O) groups excluding carboxylic acids is 1. The molecule has 142 valence electrons. The van der Waals surface area contributed by atoms with Gasteiger partial charge in [0, 0.05) is 17.8 Å². The lowest BCUT2D eigenvalue weighted by atomic mass is 10.2. The van der Waals surface area contributed by atoms with Crippen molar-refractivity contribution in [2.75, 3.05) is 42.9 Å². The average Bonchev–Trinajstić information content (AvgIpc) is 2.65. The number of nitrogens with one attached hydrogen (secondary N) is 2. The van der Waals surface area contributed by atoms with E-state index in [1.165, 1.54) is 18.2 Å². The maximum Gasteiger partial charge on any atom is 0.279 e. The Hall–Kier alpha value is -3.07. The summed E-state index contributed by atoms with van der Waals surface area (Å²) in [6.07, 6.45) is 0. The Morgan fingerprint density at radius 3 is 2.26 bits per heavy atom. The van der Waals surface area contributed by atoms with E-state index in [0.29, 0.717) is 26.2 Å². The van der Waals surface area contributed by atoms with Gasteiger partial charge in [0.1, 0.15) is 17.3 Å². The first-order chi connectivity index (χ1) is 12.9. The summed E-state index contributed by atoms with van der Waals surface area (Å²) in [6.45, 7) is 2.80. The minimum atomic E-state index is -0.804. The largest absolute Gasteiger partial charge is 0.360 e. The number of rotatable bonds is 5. The normalized spacial score (nSPS) is 14.8. The van der Waals surface area contributed by atoms with Gasteiger partial charge in [-0.3, -0.25) is 14.9 Å². The van der Waals surface area contributed by atoms with Gasteiger partial charge in [0.15, 0.2) is 6.54 Å². The number of quaternary nitrogens is 1. The Morgan fingerprint density at radius 1 is 1.11 bits per heavy atom. The zero-order chi connectivity index (χ0) is 19.4. The summed E-state index contributed by atoms with van der Waals surface area (Å²) in [7, 11) is 0. The van der Waals surface area contributed by atoms with Crippen LogP contribution in [0.2, 0.25) is 0 Å². The maximum atomic E-state index is 13.6. The van der Waals surface area contributed by atoms with Crippen molar-refractivity contribution in [3.63, 3.8) is 0 Å². The summed E-state index contributed by atoms with van der Waals surface area (Å²) in [6, 6.07) is 9.76. The highest BCUT2D eigenvalue weighted by atomic mass is 19.1. The minimum absolute atomic E-state index is 0.0417. The van der Waals surface area contributed by atoms with Gasteiger partial charge in [-0.2, -0.15) is 0 Å². The van der Waals surface area contributed by atoms with E-state index in [-0.39, 0.29) is 12.2 Å². The number of carbonyl (C=O) groups is 1. The smallest absolute Gasteiger partial charge is 0.279 e. The highest BCUT2D eigenvalue weighted by molar-refractivity contribution is 5.91. The molecule has 1 heterocycles. The van der Waals surface area contributed by atoms with E-state index < -0.39 is 28.2 Å². The predicted octanol–water partition coefficient (Wildman–Crippen LogP) is 1.22. The number of benzene rings is 2. The molecule has 1 fully saturated rings. The molecule has 0 aliphatic carbocycles. The first-order valence-electron chi connectivity index (χ1n) is 8.51. The van der Waals surface area contributed by atoms with E-state index >= 15 is 0 Å². The molecule has 3 rings (SSSR count). The predicted molar refractivity (Wildman–Crippen MR) is 95.9 cm³/mol. The molecule has 0 bridgehead atoms. The van der Waals surface area contributed by atoms with Crippen molar-refractivity contribution in [2.24, 2.45) is 0 Å². The summed E-state index contributed by atoms with van der Waals surface area (Å²) in [5.74, 6) is -2.06.